The second-order valence-electron chi connectivity index (χ2n) is 4.76. The Hall–Kier alpha value is -2.73. The molecule has 1 saturated heterocycles. The van der Waals surface area contributed by atoms with Gasteiger partial charge in [-0.2, -0.15) is 0 Å². The number of hydrazine groups is 1. The fraction of sp³-hybridized carbons (Fsp3) is 0.0667. The third kappa shape index (κ3) is 2.44. The highest BCUT2D eigenvalue weighted by Crippen LogP contribution is 2.34. The lowest BCUT2D eigenvalue weighted by Crippen LogP contribution is -2.43. The molecule has 6 nitrogen and oxygen atoms in total. The van der Waals surface area contributed by atoms with E-state index in [-0.39, 0.29) is 0 Å². The number of carbonyl (C=O) groups excluding carboxylic acids is 2. The maximum atomic E-state index is 12.3. The number of nitrogens with zero attached hydrogens (tertiary/aromatic N) is 2. The molecule has 0 bridgehead atoms. The van der Waals surface area contributed by atoms with Crippen molar-refractivity contribution < 1.29 is 9.59 Å². The summed E-state index contributed by atoms with van der Waals surface area (Å²) in [5.74, 6) is 0. The van der Waals surface area contributed by atoms with Gasteiger partial charge >= 0.3 is 12.1 Å². The smallest absolute Gasteiger partial charge is 0.342 e. The molecule has 2 aromatic rings. The highest BCUT2D eigenvalue weighted by molar-refractivity contribution is 6.30. The third-order valence-corrected chi connectivity index (χ3v) is 3.58. The van der Waals surface area contributed by atoms with Crippen molar-refractivity contribution >= 4 is 29.4 Å². The molecule has 3 rings (SSSR count). The normalized spacial score (nSPS) is 17.5. The Morgan fingerprint density at radius 3 is 2.50 bits per heavy atom. The number of amides is 4. The molecule has 3 N–H and O–H groups in total. The molecule has 1 fully saturated rings. The predicted molar refractivity (Wildman–Crippen MR) is 83.1 cm³/mol. The zero-order valence-corrected chi connectivity index (χ0v) is 12.2. The molecule has 0 aliphatic carbocycles. The summed E-state index contributed by atoms with van der Waals surface area (Å²) in [6.45, 7) is 0. The van der Waals surface area contributed by atoms with Crippen molar-refractivity contribution in [2.75, 3.05) is 4.90 Å². The van der Waals surface area contributed by atoms with Crippen molar-refractivity contribution in [2.45, 2.75) is 6.17 Å². The van der Waals surface area contributed by atoms with E-state index in [1.807, 2.05) is 30.3 Å². The zero-order valence-electron chi connectivity index (χ0n) is 11.4. The first kappa shape index (κ1) is 14.2. The van der Waals surface area contributed by atoms with E-state index in [0.29, 0.717) is 10.7 Å². The Balaban J connectivity index is 2.10. The molecule has 1 atom stereocenters. The third-order valence-electron chi connectivity index (χ3n) is 3.35. The molecular weight excluding hydrogens is 304 g/mol. The van der Waals surface area contributed by atoms with Gasteiger partial charge in [-0.15, -0.1) is 0 Å². The minimum Gasteiger partial charge on any atom is -0.350 e. The van der Waals surface area contributed by atoms with Crippen LogP contribution in [0.2, 0.25) is 5.02 Å². The van der Waals surface area contributed by atoms with Crippen molar-refractivity contribution in [2.24, 2.45) is 5.73 Å². The van der Waals surface area contributed by atoms with Crippen LogP contribution in [0.3, 0.4) is 0 Å². The van der Waals surface area contributed by atoms with Crippen molar-refractivity contribution in [1.82, 2.24) is 10.4 Å². The summed E-state index contributed by atoms with van der Waals surface area (Å²) in [6, 6.07) is 14.8. The number of hydrogen-bond donors (Lipinski definition) is 2. The van der Waals surface area contributed by atoms with Gasteiger partial charge in [0, 0.05) is 10.7 Å². The predicted octanol–water partition coefficient (Wildman–Crippen LogP) is 2.86. The van der Waals surface area contributed by atoms with E-state index in [9.17, 15) is 9.59 Å². The molecule has 1 aliphatic rings. The van der Waals surface area contributed by atoms with Gasteiger partial charge in [0.15, 0.2) is 6.17 Å². The van der Waals surface area contributed by atoms with Gasteiger partial charge in [0.1, 0.15) is 0 Å². The Bertz CT molecular complexity index is 722. The van der Waals surface area contributed by atoms with Crippen molar-refractivity contribution in [3.05, 3.63) is 65.2 Å². The highest BCUT2D eigenvalue weighted by atomic mass is 35.5. The molecular formula is C15H13ClN4O2. The minimum absolute atomic E-state index is 0.449. The maximum absolute atomic E-state index is 12.3. The summed E-state index contributed by atoms with van der Waals surface area (Å²) < 4.78 is 0. The van der Waals surface area contributed by atoms with Crippen LogP contribution in [0.15, 0.2) is 54.6 Å². The van der Waals surface area contributed by atoms with E-state index in [1.54, 1.807) is 24.3 Å². The van der Waals surface area contributed by atoms with E-state index in [0.717, 1.165) is 10.6 Å². The van der Waals surface area contributed by atoms with E-state index in [2.05, 4.69) is 5.43 Å². The molecule has 1 unspecified atom stereocenters. The van der Waals surface area contributed by atoms with Gasteiger partial charge in [-0.1, -0.05) is 48.0 Å². The molecule has 4 amide bonds. The summed E-state index contributed by atoms with van der Waals surface area (Å²) in [5.41, 5.74) is 9.17. The molecule has 112 valence electrons. The van der Waals surface area contributed by atoms with Crippen molar-refractivity contribution in [3.8, 4) is 0 Å². The second-order valence-corrected chi connectivity index (χ2v) is 5.20. The molecule has 7 heteroatoms. The number of urea groups is 2. The standard InChI is InChI=1S/C15H13ClN4O2/c16-11-7-4-8-12(9-11)19-13(10-5-2-1-3-6-10)20(14(17)21)18-15(19)22/h1-9,13H,(H2,17,21)(H,18,22). The van der Waals surface area contributed by atoms with Crippen LogP contribution in [-0.4, -0.2) is 17.1 Å². The first-order valence-corrected chi connectivity index (χ1v) is 6.95. The number of nitrogens with two attached hydrogens (primary N) is 1. The zero-order chi connectivity index (χ0) is 15.7. The Labute approximate surface area is 132 Å². The molecule has 1 aliphatic heterocycles. The summed E-state index contributed by atoms with van der Waals surface area (Å²) in [7, 11) is 0. The van der Waals surface area contributed by atoms with Crippen LogP contribution in [0, 0.1) is 0 Å². The lowest BCUT2D eigenvalue weighted by Gasteiger charge is -2.27. The van der Waals surface area contributed by atoms with Crippen LogP contribution in [0.1, 0.15) is 11.7 Å². The van der Waals surface area contributed by atoms with Gasteiger partial charge in [-0.3, -0.25) is 4.90 Å². The van der Waals surface area contributed by atoms with Crippen molar-refractivity contribution in [1.29, 1.82) is 0 Å². The topological polar surface area (TPSA) is 78.7 Å². The first-order valence-electron chi connectivity index (χ1n) is 6.57. The van der Waals surface area contributed by atoms with E-state index < -0.39 is 18.2 Å². The summed E-state index contributed by atoms with van der Waals surface area (Å²) in [4.78, 5) is 25.4. The summed E-state index contributed by atoms with van der Waals surface area (Å²) >= 11 is 6.00. The van der Waals surface area contributed by atoms with Crippen molar-refractivity contribution in [3.63, 3.8) is 0 Å². The molecule has 22 heavy (non-hydrogen) atoms. The number of rotatable bonds is 2. The molecule has 2 aromatic carbocycles. The number of benzene rings is 2. The average molecular weight is 317 g/mol. The quantitative estimate of drug-likeness (QED) is 0.893. The highest BCUT2D eigenvalue weighted by Gasteiger charge is 2.41. The number of halogens is 1. The van der Waals surface area contributed by atoms with E-state index >= 15 is 0 Å². The number of carbonyl (C=O) groups is 2. The second kappa shape index (κ2) is 5.57. The van der Waals surface area contributed by atoms with Crippen LogP contribution in [-0.2, 0) is 0 Å². The lowest BCUT2D eigenvalue weighted by molar-refractivity contribution is 0.179. The molecule has 0 saturated carbocycles. The van der Waals surface area contributed by atoms with Gasteiger partial charge in [0.25, 0.3) is 0 Å². The molecule has 0 aromatic heterocycles. The Morgan fingerprint density at radius 2 is 1.86 bits per heavy atom. The van der Waals surface area contributed by atoms with E-state index in [4.69, 9.17) is 17.3 Å². The number of hydrogen-bond acceptors (Lipinski definition) is 2. The summed E-state index contributed by atoms with van der Waals surface area (Å²) in [5, 5.41) is 1.59. The van der Waals surface area contributed by atoms with Crippen LogP contribution in [0.5, 0.6) is 0 Å². The Kier molecular flexibility index (Phi) is 3.60. The molecule has 0 radical (unpaired) electrons. The van der Waals surface area contributed by atoms with Crippen LogP contribution in [0.4, 0.5) is 15.3 Å². The monoisotopic (exact) mass is 316 g/mol. The van der Waals surface area contributed by atoms with Crippen LogP contribution >= 0.6 is 11.6 Å². The first-order chi connectivity index (χ1) is 10.6. The maximum Gasteiger partial charge on any atom is 0.342 e. The SMILES string of the molecule is NC(=O)N1NC(=O)N(c2cccc(Cl)c2)C1c1ccccc1. The minimum atomic E-state index is -0.744. The van der Waals surface area contributed by atoms with Gasteiger partial charge < -0.3 is 5.73 Å². The number of anilines is 1. The fourth-order valence-corrected chi connectivity index (χ4v) is 2.61. The van der Waals surface area contributed by atoms with Crippen LogP contribution < -0.4 is 16.1 Å². The van der Waals surface area contributed by atoms with Gasteiger partial charge in [-0.05, 0) is 23.8 Å². The van der Waals surface area contributed by atoms with Gasteiger partial charge in [0.2, 0.25) is 0 Å². The molecule has 0 spiro atoms. The molecule has 1 heterocycles. The van der Waals surface area contributed by atoms with Gasteiger partial charge in [0.05, 0.1) is 0 Å². The van der Waals surface area contributed by atoms with Crippen LogP contribution in [0.25, 0.3) is 0 Å². The number of nitrogens with one attached hydrogen (secondary N) is 1. The average Bonchev–Trinajstić information content (AvgIpc) is 2.86. The van der Waals surface area contributed by atoms with E-state index in [1.165, 1.54) is 4.90 Å². The largest absolute Gasteiger partial charge is 0.350 e. The summed E-state index contributed by atoms with van der Waals surface area (Å²) in [6.07, 6.45) is -0.676. The lowest BCUT2D eigenvalue weighted by atomic mass is 10.1. The van der Waals surface area contributed by atoms with Gasteiger partial charge in [-0.25, -0.2) is 20.0 Å². The Morgan fingerprint density at radius 1 is 1.14 bits per heavy atom. The fourth-order valence-electron chi connectivity index (χ4n) is 2.43. The number of primary amides is 1.